The molecule has 1 N–H and O–H groups in total. The summed E-state index contributed by atoms with van der Waals surface area (Å²) >= 11 is 0. The van der Waals surface area contributed by atoms with Crippen molar-refractivity contribution in [1.29, 1.82) is 0 Å². The molecule has 3 heterocycles. The number of pyridine rings is 1. The highest BCUT2D eigenvalue weighted by atomic mass is 16.5. The Kier molecular flexibility index (Phi) is 4.75. The van der Waals surface area contributed by atoms with Gasteiger partial charge >= 0.3 is 5.97 Å². The summed E-state index contributed by atoms with van der Waals surface area (Å²) < 4.78 is 8.55. The van der Waals surface area contributed by atoms with Crippen LogP contribution in [-0.4, -0.2) is 37.1 Å². The number of rotatable bonds is 5. The van der Waals surface area contributed by atoms with Crippen molar-refractivity contribution in [2.45, 2.75) is 20.8 Å². The monoisotopic (exact) mass is 390 g/mol. The SMILES string of the molecule is CCOC(=O)c1cnn(C)c1Nc1cc(C)c2c(C)nn(-c3ccccc3)c2n1. The first-order chi connectivity index (χ1) is 14.0. The Labute approximate surface area is 168 Å². The molecule has 0 fully saturated rings. The van der Waals surface area contributed by atoms with E-state index in [2.05, 4.69) is 15.5 Å². The van der Waals surface area contributed by atoms with Crippen molar-refractivity contribution in [3.05, 3.63) is 59.4 Å². The Morgan fingerprint density at radius 2 is 1.97 bits per heavy atom. The molecule has 8 nitrogen and oxygen atoms in total. The lowest BCUT2D eigenvalue weighted by Gasteiger charge is -2.11. The van der Waals surface area contributed by atoms with E-state index in [1.54, 1.807) is 18.7 Å². The van der Waals surface area contributed by atoms with Crippen LogP contribution in [0.1, 0.15) is 28.5 Å². The standard InChI is InChI=1S/C21H22N6O2/c1-5-29-21(28)16-12-22-26(4)19(16)23-17-11-13(2)18-14(3)25-27(20(18)24-17)15-9-7-6-8-10-15/h6-12H,5H2,1-4H3,(H,23,24). The highest BCUT2D eigenvalue weighted by molar-refractivity contribution is 5.95. The normalized spacial score (nSPS) is 11.0. The molecule has 0 spiro atoms. The van der Waals surface area contributed by atoms with Crippen LogP contribution in [0.4, 0.5) is 11.6 Å². The largest absolute Gasteiger partial charge is 0.462 e. The van der Waals surface area contributed by atoms with Gasteiger partial charge in [-0.15, -0.1) is 0 Å². The van der Waals surface area contributed by atoms with Crippen molar-refractivity contribution in [3.8, 4) is 5.69 Å². The quantitative estimate of drug-likeness (QED) is 0.523. The number of ether oxygens (including phenoxy) is 1. The molecule has 0 saturated heterocycles. The lowest BCUT2D eigenvalue weighted by Crippen LogP contribution is -2.09. The van der Waals surface area contributed by atoms with Gasteiger partial charge in [0, 0.05) is 12.4 Å². The Balaban J connectivity index is 1.81. The molecule has 0 saturated carbocycles. The van der Waals surface area contributed by atoms with Crippen molar-refractivity contribution in [2.24, 2.45) is 7.05 Å². The third-order valence-corrected chi connectivity index (χ3v) is 4.69. The minimum absolute atomic E-state index is 0.298. The van der Waals surface area contributed by atoms with Crippen LogP contribution in [0.2, 0.25) is 0 Å². The smallest absolute Gasteiger partial charge is 0.343 e. The second-order valence-corrected chi connectivity index (χ2v) is 6.73. The van der Waals surface area contributed by atoms with Gasteiger partial charge in [-0.3, -0.25) is 4.68 Å². The number of hydrogen-bond acceptors (Lipinski definition) is 6. The third-order valence-electron chi connectivity index (χ3n) is 4.69. The van der Waals surface area contributed by atoms with E-state index in [4.69, 9.17) is 9.72 Å². The fraction of sp³-hybridized carbons (Fsp3) is 0.238. The van der Waals surface area contributed by atoms with Crippen LogP contribution in [0, 0.1) is 13.8 Å². The molecule has 0 bridgehead atoms. The first kappa shape index (κ1) is 18.7. The van der Waals surface area contributed by atoms with Crippen LogP contribution >= 0.6 is 0 Å². The average molecular weight is 390 g/mol. The van der Waals surface area contributed by atoms with Crippen LogP contribution in [0.5, 0.6) is 0 Å². The zero-order valence-corrected chi connectivity index (χ0v) is 16.8. The van der Waals surface area contributed by atoms with Gasteiger partial charge in [0.15, 0.2) is 5.65 Å². The number of carbonyl (C=O) groups is 1. The lowest BCUT2D eigenvalue weighted by atomic mass is 10.1. The molecule has 0 aliphatic rings. The maximum atomic E-state index is 12.2. The van der Waals surface area contributed by atoms with Gasteiger partial charge in [-0.25, -0.2) is 14.5 Å². The number of nitrogens with zero attached hydrogens (tertiary/aromatic N) is 5. The van der Waals surface area contributed by atoms with Crippen molar-refractivity contribution in [2.75, 3.05) is 11.9 Å². The molecule has 29 heavy (non-hydrogen) atoms. The molecule has 4 rings (SSSR count). The maximum absolute atomic E-state index is 12.2. The summed E-state index contributed by atoms with van der Waals surface area (Å²) in [7, 11) is 1.76. The van der Waals surface area contributed by atoms with Gasteiger partial charge in [-0.2, -0.15) is 10.2 Å². The number of nitrogens with one attached hydrogen (secondary N) is 1. The molecule has 0 unspecified atom stereocenters. The van der Waals surface area contributed by atoms with E-state index in [1.807, 2.05) is 54.9 Å². The lowest BCUT2D eigenvalue weighted by molar-refractivity contribution is 0.0527. The second kappa shape index (κ2) is 7.38. The number of aromatic nitrogens is 5. The van der Waals surface area contributed by atoms with Crippen molar-refractivity contribution in [3.63, 3.8) is 0 Å². The topological polar surface area (TPSA) is 86.9 Å². The Morgan fingerprint density at radius 3 is 2.69 bits per heavy atom. The summed E-state index contributed by atoms with van der Waals surface area (Å²) in [4.78, 5) is 17.0. The van der Waals surface area contributed by atoms with Gasteiger partial charge in [0.05, 0.1) is 24.2 Å². The molecule has 1 aromatic carbocycles. The van der Waals surface area contributed by atoms with Gasteiger partial charge in [-0.05, 0) is 44.5 Å². The highest BCUT2D eigenvalue weighted by Crippen LogP contribution is 2.28. The number of benzene rings is 1. The van der Waals surface area contributed by atoms with Gasteiger partial charge < -0.3 is 10.1 Å². The van der Waals surface area contributed by atoms with E-state index in [-0.39, 0.29) is 0 Å². The number of anilines is 2. The molecule has 0 radical (unpaired) electrons. The number of aryl methyl sites for hydroxylation is 3. The van der Waals surface area contributed by atoms with Crippen molar-refractivity contribution >= 4 is 28.6 Å². The van der Waals surface area contributed by atoms with E-state index >= 15 is 0 Å². The van der Waals surface area contributed by atoms with E-state index in [0.29, 0.717) is 23.8 Å². The van der Waals surface area contributed by atoms with E-state index in [0.717, 1.165) is 28.0 Å². The number of fused-ring (bicyclic) bond motifs is 1. The van der Waals surface area contributed by atoms with Crippen molar-refractivity contribution in [1.82, 2.24) is 24.5 Å². The van der Waals surface area contributed by atoms with Crippen LogP contribution in [0.15, 0.2) is 42.6 Å². The summed E-state index contributed by atoms with van der Waals surface area (Å²) in [5.41, 5.74) is 3.99. The summed E-state index contributed by atoms with van der Waals surface area (Å²) in [5, 5.41) is 13.1. The zero-order valence-electron chi connectivity index (χ0n) is 16.8. The van der Waals surface area contributed by atoms with Gasteiger partial charge in [-0.1, -0.05) is 18.2 Å². The molecule has 0 atom stereocenters. The molecule has 148 valence electrons. The first-order valence-corrected chi connectivity index (χ1v) is 9.38. The molecule has 0 amide bonds. The fourth-order valence-electron chi connectivity index (χ4n) is 3.38. The molecule has 8 heteroatoms. The van der Waals surface area contributed by atoms with E-state index in [1.165, 1.54) is 6.20 Å². The summed E-state index contributed by atoms with van der Waals surface area (Å²) in [6, 6.07) is 11.8. The number of carbonyl (C=O) groups excluding carboxylic acids is 1. The summed E-state index contributed by atoms with van der Waals surface area (Å²) in [6.07, 6.45) is 1.49. The van der Waals surface area contributed by atoms with Crippen LogP contribution in [-0.2, 0) is 11.8 Å². The minimum atomic E-state index is -0.425. The number of para-hydroxylation sites is 1. The summed E-state index contributed by atoms with van der Waals surface area (Å²) in [5.74, 6) is 0.699. The maximum Gasteiger partial charge on any atom is 0.343 e. The molecular formula is C21H22N6O2. The minimum Gasteiger partial charge on any atom is -0.462 e. The van der Waals surface area contributed by atoms with E-state index in [9.17, 15) is 4.79 Å². The third kappa shape index (κ3) is 3.33. The Bertz CT molecular complexity index is 1190. The molecular weight excluding hydrogens is 368 g/mol. The number of hydrogen-bond donors (Lipinski definition) is 1. The predicted molar refractivity (Wildman–Crippen MR) is 111 cm³/mol. The fourth-order valence-corrected chi connectivity index (χ4v) is 3.38. The Hall–Kier alpha value is -3.68. The van der Waals surface area contributed by atoms with Gasteiger partial charge in [0.2, 0.25) is 0 Å². The molecule has 0 aliphatic carbocycles. The zero-order chi connectivity index (χ0) is 20.5. The predicted octanol–water partition coefficient (Wildman–Crippen LogP) is 3.69. The summed E-state index contributed by atoms with van der Waals surface area (Å²) in [6.45, 7) is 6.07. The molecule has 4 aromatic rings. The molecule has 0 aliphatic heterocycles. The van der Waals surface area contributed by atoms with Gasteiger partial charge in [0.25, 0.3) is 0 Å². The van der Waals surface area contributed by atoms with Gasteiger partial charge in [0.1, 0.15) is 17.2 Å². The molecule has 3 aromatic heterocycles. The van der Waals surface area contributed by atoms with Crippen molar-refractivity contribution < 1.29 is 9.53 Å². The van der Waals surface area contributed by atoms with E-state index < -0.39 is 5.97 Å². The number of esters is 1. The van der Waals surface area contributed by atoms with Crippen LogP contribution in [0.25, 0.3) is 16.7 Å². The second-order valence-electron chi connectivity index (χ2n) is 6.73. The van der Waals surface area contributed by atoms with Crippen LogP contribution in [0.3, 0.4) is 0 Å². The Morgan fingerprint density at radius 1 is 1.21 bits per heavy atom. The van der Waals surface area contributed by atoms with Crippen LogP contribution < -0.4 is 5.32 Å². The average Bonchev–Trinajstić information content (AvgIpc) is 3.23. The first-order valence-electron chi connectivity index (χ1n) is 9.38. The highest BCUT2D eigenvalue weighted by Gasteiger charge is 2.19.